The van der Waals surface area contributed by atoms with Crippen LogP contribution in [0.5, 0.6) is 0 Å². The summed E-state index contributed by atoms with van der Waals surface area (Å²) in [6.45, 7) is 3.47. The van der Waals surface area contributed by atoms with E-state index in [9.17, 15) is 9.59 Å². The van der Waals surface area contributed by atoms with E-state index < -0.39 is 0 Å². The first kappa shape index (κ1) is 19.8. The Hall–Kier alpha value is -2.99. The second kappa shape index (κ2) is 9.28. The average molecular weight is 391 g/mol. The quantitative estimate of drug-likeness (QED) is 0.354. The van der Waals surface area contributed by atoms with Gasteiger partial charge in [0.05, 0.1) is 10.9 Å². The van der Waals surface area contributed by atoms with Crippen molar-refractivity contribution in [3.05, 3.63) is 72.6 Å². The van der Waals surface area contributed by atoms with Gasteiger partial charge in [-0.3, -0.25) is 9.59 Å². The van der Waals surface area contributed by atoms with Crippen molar-refractivity contribution in [3.8, 4) is 11.3 Å². The molecule has 0 fully saturated rings. The molecule has 0 aliphatic rings. The summed E-state index contributed by atoms with van der Waals surface area (Å²) in [7, 11) is 0. The molecule has 0 spiro atoms. The highest BCUT2D eigenvalue weighted by atomic mass is 32.2. The Kier molecular flexibility index (Phi) is 6.55. The number of Topliss-reactive ketones (excluding diaryl/α,β-unsaturated/α-hetero) is 1. The standard InChI is InChI=1S/C22H21N3O2S/c1-3-20(22(27)25-18-11-7-10-17(12-18)15(2)26)28-21-13-19(23-14-24-21)16-8-5-4-6-9-16/h4-14,20H,3H2,1-2H3,(H,25,27). The normalized spacial score (nSPS) is 11.6. The number of benzene rings is 2. The molecule has 0 saturated heterocycles. The molecule has 28 heavy (non-hydrogen) atoms. The fourth-order valence-electron chi connectivity index (χ4n) is 2.68. The molecule has 0 radical (unpaired) electrons. The maximum atomic E-state index is 12.7. The van der Waals surface area contributed by atoms with Crippen LogP contribution in [0.1, 0.15) is 30.6 Å². The molecule has 0 aliphatic heterocycles. The van der Waals surface area contributed by atoms with Crippen LogP contribution in [-0.2, 0) is 4.79 Å². The number of thioether (sulfide) groups is 1. The average Bonchev–Trinajstić information content (AvgIpc) is 2.73. The molecule has 5 nitrogen and oxygen atoms in total. The molecule has 6 heteroatoms. The predicted octanol–water partition coefficient (Wildman–Crippen LogP) is 4.86. The van der Waals surface area contributed by atoms with E-state index >= 15 is 0 Å². The molecule has 1 atom stereocenters. The lowest BCUT2D eigenvalue weighted by atomic mass is 10.1. The molecule has 1 heterocycles. The van der Waals surface area contributed by atoms with Gasteiger partial charge >= 0.3 is 0 Å². The smallest absolute Gasteiger partial charge is 0.237 e. The molecular weight excluding hydrogens is 370 g/mol. The first-order valence-electron chi connectivity index (χ1n) is 9.03. The van der Waals surface area contributed by atoms with Crippen molar-refractivity contribution in [1.29, 1.82) is 0 Å². The van der Waals surface area contributed by atoms with Gasteiger partial charge in [-0.2, -0.15) is 0 Å². The minimum atomic E-state index is -0.306. The summed E-state index contributed by atoms with van der Waals surface area (Å²) >= 11 is 1.41. The Morgan fingerprint density at radius 3 is 2.54 bits per heavy atom. The minimum absolute atomic E-state index is 0.0352. The van der Waals surface area contributed by atoms with Crippen LogP contribution >= 0.6 is 11.8 Å². The zero-order valence-electron chi connectivity index (χ0n) is 15.8. The zero-order chi connectivity index (χ0) is 19.9. The molecule has 1 aromatic heterocycles. The van der Waals surface area contributed by atoms with Gasteiger partial charge in [0.15, 0.2) is 5.78 Å². The number of nitrogens with zero attached hydrogens (tertiary/aromatic N) is 2. The van der Waals surface area contributed by atoms with E-state index in [1.165, 1.54) is 25.0 Å². The zero-order valence-corrected chi connectivity index (χ0v) is 16.6. The van der Waals surface area contributed by atoms with Gasteiger partial charge in [-0.1, -0.05) is 61.2 Å². The molecule has 0 bridgehead atoms. The Bertz CT molecular complexity index is 976. The lowest BCUT2D eigenvalue weighted by Gasteiger charge is -2.15. The van der Waals surface area contributed by atoms with Crippen molar-refractivity contribution in [2.75, 3.05) is 5.32 Å². The highest BCUT2D eigenvalue weighted by Gasteiger charge is 2.19. The van der Waals surface area contributed by atoms with Crippen molar-refractivity contribution < 1.29 is 9.59 Å². The molecule has 3 aromatic rings. The SMILES string of the molecule is CCC(Sc1cc(-c2ccccc2)ncn1)C(=O)Nc1cccc(C(C)=O)c1. The fraction of sp³-hybridized carbons (Fsp3) is 0.182. The van der Waals surface area contributed by atoms with Gasteiger partial charge in [0.25, 0.3) is 0 Å². The maximum Gasteiger partial charge on any atom is 0.237 e. The van der Waals surface area contributed by atoms with Crippen molar-refractivity contribution >= 4 is 29.1 Å². The van der Waals surface area contributed by atoms with Crippen LogP contribution in [0.4, 0.5) is 5.69 Å². The van der Waals surface area contributed by atoms with Crippen molar-refractivity contribution in [2.24, 2.45) is 0 Å². The molecule has 1 unspecified atom stereocenters. The number of carbonyl (C=O) groups excluding carboxylic acids is 2. The summed E-state index contributed by atoms with van der Waals surface area (Å²) in [5.41, 5.74) is 3.01. The molecule has 3 rings (SSSR count). The third kappa shape index (κ3) is 5.04. The Morgan fingerprint density at radius 2 is 1.82 bits per heavy atom. The Balaban J connectivity index is 1.73. The number of nitrogens with one attached hydrogen (secondary N) is 1. The molecule has 1 N–H and O–H groups in total. The highest BCUT2D eigenvalue weighted by Crippen LogP contribution is 2.27. The van der Waals surface area contributed by atoms with E-state index in [0.717, 1.165) is 16.3 Å². The van der Waals surface area contributed by atoms with Gasteiger partial charge in [-0.05, 0) is 31.5 Å². The van der Waals surface area contributed by atoms with Crippen LogP contribution < -0.4 is 5.32 Å². The van der Waals surface area contributed by atoms with Crippen LogP contribution in [0, 0.1) is 0 Å². The monoisotopic (exact) mass is 391 g/mol. The van der Waals surface area contributed by atoms with Crippen molar-refractivity contribution in [2.45, 2.75) is 30.5 Å². The molecule has 2 aromatic carbocycles. The van der Waals surface area contributed by atoms with Gasteiger partial charge in [0.2, 0.25) is 5.91 Å². The molecule has 142 valence electrons. The van der Waals surface area contributed by atoms with Gasteiger partial charge in [-0.25, -0.2) is 9.97 Å². The lowest BCUT2D eigenvalue weighted by Crippen LogP contribution is -2.24. The Labute approximate surface area is 168 Å². The van der Waals surface area contributed by atoms with Crippen LogP contribution in [0.25, 0.3) is 11.3 Å². The number of anilines is 1. The second-order valence-corrected chi connectivity index (χ2v) is 7.47. The largest absolute Gasteiger partial charge is 0.325 e. The third-order valence-corrected chi connectivity index (χ3v) is 5.47. The van der Waals surface area contributed by atoms with E-state index in [4.69, 9.17) is 0 Å². The van der Waals surface area contributed by atoms with Crippen molar-refractivity contribution in [1.82, 2.24) is 9.97 Å². The first-order valence-corrected chi connectivity index (χ1v) is 9.90. The van der Waals surface area contributed by atoms with Gasteiger partial charge in [0, 0.05) is 16.8 Å². The fourth-order valence-corrected chi connectivity index (χ4v) is 3.59. The van der Waals surface area contributed by atoms with Gasteiger partial charge in [0.1, 0.15) is 11.4 Å². The van der Waals surface area contributed by atoms with Crippen LogP contribution in [0.15, 0.2) is 72.0 Å². The number of carbonyl (C=O) groups is 2. The predicted molar refractivity (Wildman–Crippen MR) is 112 cm³/mol. The van der Waals surface area contributed by atoms with E-state index in [2.05, 4.69) is 15.3 Å². The summed E-state index contributed by atoms with van der Waals surface area (Å²) in [5, 5.41) is 3.34. The minimum Gasteiger partial charge on any atom is -0.325 e. The van der Waals surface area contributed by atoms with E-state index in [-0.39, 0.29) is 16.9 Å². The Morgan fingerprint density at radius 1 is 1.04 bits per heavy atom. The van der Waals surface area contributed by atoms with E-state index in [0.29, 0.717) is 17.7 Å². The number of amides is 1. The van der Waals surface area contributed by atoms with E-state index in [1.54, 1.807) is 24.3 Å². The van der Waals surface area contributed by atoms with Gasteiger partial charge < -0.3 is 5.32 Å². The first-order chi connectivity index (χ1) is 13.6. The number of rotatable bonds is 7. The van der Waals surface area contributed by atoms with Crippen LogP contribution in [0.2, 0.25) is 0 Å². The third-order valence-electron chi connectivity index (χ3n) is 4.17. The summed E-state index contributed by atoms with van der Waals surface area (Å²) in [5.74, 6) is -0.153. The second-order valence-electron chi connectivity index (χ2n) is 6.25. The summed E-state index contributed by atoms with van der Waals surface area (Å²) in [4.78, 5) is 32.9. The lowest BCUT2D eigenvalue weighted by molar-refractivity contribution is -0.115. The highest BCUT2D eigenvalue weighted by molar-refractivity contribution is 8.00. The van der Waals surface area contributed by atoms with Gasteiger partial charge in [-0.15, -0.1) is 0 Å². The van der Waals surface area contributed by atoms with Crippen LogP contribution in [0.3, 0.4) is 0 Å². The molecule has 0 saturated carbocycles. The number of hydrogen-bond donors (Lipinski definition) is 1. The summed E-state index contributed by atoms with van der Waals surface area (Å²) in [6, 6.07) is 18.7. The summed E-state index contributed by atoms with van der Waals surface area (Å²) < 4.78 is 0. The molecular formula is C22H21N3O2S. The van der Waals surface area contributed by atoms with Crippen molar-refractivity contribution in [3.63, 3.8) is 0 Å². The number of hydrogen-bond acceptors (Lipinski definition) is 5. The topological polar surface area (TPSA) is 72.0 Å². The molecule has 0 aliphatic carbocycles. The van der Waals surface area contributed by atoms with E-state index in [1.807, 2.05) is 43.3 Å². The van der Waals surface area contributed by atoms with Crippen LogP contribution in [-0.4, -0.2) is 26.9 Å². The molecule has 1 amide bonds. The number of aromatic nitrogens is 2. The number of ketones is 1. The maximum absolute atomic E-state index is 12.7. The summed E-state index contributed by atoms with van der Waals surface area (Å²) in [6.07, 6.45) is 2.17.